The minimum Gasteiger partial charge on any atom is -0.336 e. The highest BCUT2D eigenvalue weighted by Crippen LogP contribution is 2.27. The van der Waals surface area contributed by atoms with E-state index in [0.717, 1.165) is 28.6 Å². The fraction of sp³-hybridized carbons (Fsp3) is 0.263. The first kappa shape index (κ1) is 16.3. The van der Waals surface area contributed by atoms with Crippen LogP contribution in [0.2, 0.25) is 0 Å². The number of anilines is 1. The maximum Gasteiger partial charge on any atom is 0.321 e. The van der Waals surface area contributed by atoms with Gasteiger partial charge < -0.3 is 5.32 Å². The fourth-order valence-corrected chi connectivity index (χ4v) is 2.95. The summed E-state index contributed by atoms with van der Waals surface area (Å²) in [6.07, 6.45) is 3.50. The number of amides is 2. The number of hydrogen-bond acceptors (Lipinski definition) is 4. The van der Waals surface area contributed by atoms with Gasteiger partial charge in [0.1, 0.15) is 0 Å². The van der Waals surface area contributed by atoms with Crippen LogP contribution in [0.3, 0.4) is 0 Å². The van der Waals surface area contributed by atoms with Crippen molar-refractivity contribution < 1.29 is 4.79 Å². The highest BCUT2D eigenvalue weighted by molar-refractivity contribution is 5.94. The molecule has 7 nitrogen and oxygen atoms in total. The molecule has 0 bridgehead atoms. The zero-order valence-corrected chi connectivity index (χ0v) is 14.8. The lowest BCUT2D eigenvalue weighted by Gasteiger charge is -2.15. The molecule has 0 saturated carbocycles. The van der Waals surface area contributed by atoms with E-state index in [1.165, 1.54) is 0 Å². The smallest absolute Gasteiger partial charge is 0.321 e. The van der Waals surface area contributed by atoms with Crippen molar-refractivity contribution in [2.24, 2.45) is 0 Å². The van der Waals surface area contributed by atoms with E-state index in [4.69, 9.17) is 4.98 Å². The summed E-state index contributed by atoms with van der Waals surface area (Å²) in [6.45, 7) is 5.45. The van der Waals surface area contributed by atoms with Crippen molar-refractivity contribution in [2.45, 2.75) is 19.8 Å². The average molecular weight is 348 g/mol. The second kappa shape index (κ2) is 6.59. The Bertz CT molecular complexity index is 934. The summed E-state index contributed by atoms with van der Waals surface area (Å²) in [5, 5.41) is 7.50. The Morgan fingerprint density at radius 2 is 2.00 bits per heavy atom. The van der Waals surface area contributed by atoms with E-state index < -0.39 is 0 Å². The van der Waals surface area contributed by atoms with Crippen molar-refractivity contribution in [3.05, 3.63) is 54.6 Å². The Labute approximate surface area is 151 Å². The van der Waals surface area contributed by atoms with Crippen LogP contribution in [0.4, 0.5) is 10.5 Å². The van der Waals surface area contributed by atoms with Crippen LogP contribution in [0.15, 0.2) is 48.8 Å². The van der Waals surface area contributed by atoms with Crippen molar-refractivity contribution in [2.75, 3.05) is 18.0 Å². The first-order valence-corrected chi connectivity index (χ1v) is 8.66. The molecule has 7 heteroatoms. The maximum atomic E-state index is 12.0. The van der Waals surface area contributed by atoms with Gasteiger partial charge in [0.25, 0.3) is 0 Å². The van der Waals surface area contributed by atoms with Gasteiger partial charge in [-0.2, -0.15) is 5.10 Å². The van der Waals surface area contributed by atoms with Gasteiger partial charge in [0.15, 0.2) is 11.6 Å². The van der Waals surface area contributed by atoms with E-state index in [-0.39, 0.29) is 11.9 Å². The molecule has 1 fully saturated rings. The van der Waals surface area contributed by atoms with Crippen LogP contribution in [0.1, 0.15) is 25.6 Å². The quantitative estimate of drug-likeness (QED) is 0.786. The number of hydrogen-bond donors (Lipinski definition) is 1. The lowest BCUT2D eigenvalue weighted by Crippen LogP contribution is -2.27. The molecule has 1 aliphatic rings. The SMILES string of the molecule is CC(C)c1nc(-c2cccc(N3CCNC3=O)c2)n(-c2cccnc2)n1. The number of carbonyl (C=O) groups is 1. The van der Waals surface area contributed by atoms with E-state index in [1.807, 2.05) is 41.1 Å². The number of rotatable bonds is 4. The topological polar surface area (TPSA) is 75.9 Å². The van der Waals surface area contributed by atoms with Crippen molar-refractivity contribution >= 4 is 11.7 Å². The minimum atomic E-state index is -0.0706. The van der Waals surface area contributed by atoms with Gasteiger partial charge >= 0.3 is 6.03 Å². The van der Waals surface area contributed by atoms with Gasteiger partial charge in [-0.1, -0.05) is 26.0 Å². The summed E-state index contributed by atoms with van der Waals surface area (Å²) < 4.78 is 1.81. The highest BCUT2D eigenvalue weighted by Gasteiger charge is 2.22. The lowest BCUT2D eigenvalue weighted by molar-refractivity contribution is 0.252. The van der Waals surface area contributed by atoms with Crippen molar-refractivity contribution in [1.29, 1.82) is 0 Å². The molecular formula is C19H20N6O. The van der Waals surface area contributed by atoms with E-state index in [2.05, 4.69) is 29.2 Å². The largest absolute Gasteiger partial charge is 0.336 e. The first-order valence-electron chi connectivity index (χ1n) is 8.66. The van der Waals surface area contributed by atoms with Gasteiger partial charge in [-0.15, -0.1) is 0 Å². The summed E-state index contributed by atoms with van der Waals surface area (Å²) in [5.41, 5.74) is 2.61. The molecule has 3 heterocycles. The van der Waals surface area contributed by atoms with Crippen molar-refractivity contribution in [3.8, 4) is 17.1 Å². The molecular weight excluding hydrogens is 328 g/mol. The van der Waals surface area contributed by atoms with Crippen LogP contribution in [-0.2, 0) is 0 Å². The number of pyridine rings is 1. The van der Waals surface area contributed by atoms with Gasteiger partial charge in [-0.25, -0.2) is 14.5 Å². The molecule has 132 valence electrons. The maximum absolute atomic E-state index is 12.0. The molecule has 0 radical (unpaired) electrons. The Hall–Kier alpha value is -3.22. The fourth-order valence-electron chi connectivity index (χ4n) is 2.95. The molecule has 4 rings (SSSR count). The first-order chi connectivity index (χ1) is 12.6. The lowest BCUT2D eigenvalue weighted by atomic mass is 10.1. The summed E-state index contributed by atoms with van der Waals surface area (Å²) in [5.74, 6) is 1.72. The van der Waals surface area contributed by atoms with E-state index in [9.17, 15) is 4.79 Å². The van der Waals surface area contributed by atoms with Crippen LogP contribution < -0.4 is 10.2 Å². The van der Waals surface area contributed by atoms with Gasteiger partial charge in [0.2, 0.25) is 0 Å². The van der Waals surface area contributed by atoms with Crippen LogP contribution in [-0.4, -0.2) is 38.9 Å². The number of benzene rings is 1. The van der Waals surface area contributed by atoms with Gasteiger partial charge in [0, 0.05) is 36.5 Å². The summed E-state index contributed by atoms with van der Waals surface area (Å²) in [7, 11) is 0. The normalized spacial score (nSPS) is 14.1. The average Bonchev–Trinajstić information content (AvgIpc) is 3.29. The second-order valence-corrected chi connectivity index (χ2v) is 6.51. The Balaban J connectivity index is 1.81. The molecule has 3 aromatic rings. The summed E-state index contributed by atoms with van der Waals surface area (Å²) in [6, 6.07) is 11.6. The molecule has 2 aromatic heterocycles. The monoisotopic (exact) mass is 348 g/mol. The van der Waals surface area contributed by atoms with E-state index >= 15 is 0 Å². The highest BCUT2D eigenvalue weighted by atomic mass is 16.2. The Kier molecular flexibility index (Phi) is 4.12. The van der Waals surface area contributed by atoms with Gasteiger partial charge in [-0.05, 0) is 24.3 Å². The van der Waals surface area contributed by atoms with Crippen molar-refractivity contribution in [3.63, 3.8) is 0 Å². The molecule has 1 aliphatic heterocycles. The van der Waals surface area contributed by atoms with Crippen LogP contribution in [0.5, 0.6) is 0 Å². The number of nitrogens with one attached hydrogen (secondary N) is 1. The number of carbonyl (C=O) groups excluding carboxylic acids is 1. The third-order valence-corrected chi connectivity index (χ3v) is 4.30. The molecule has 1 saturated heterocycles. The van der Waals surface area contributed by atoms with Crippen LogP contribution >= 0.6 is 0 Å². The molecule has 0 unspecified atom stereocenters. The zero-order valence-electron chi connectivity index (χ0n) is 14.8. The zero-order chi connectivity index (χ0) is 18.1. The molecule has 1 aromatic carbocycles. The third kappa shape index (κ3) is 2.92. The van der Waals surface area contributed by atoms with Crippen LogP contribution in [0.25, 0.3) is 17.1 Å². The van der Waals surface area contributed by atoms with Gasteiger partial charge in [0.05, 0.1) is 11.9 Å². The van der Waals surface area contributed by atoms with E-state index in [1.54, 1.807) is 17.3 Å². The molecule has 0 aliphatic carbocycles. The third-order valence-electron chi connectivity index (χ3n) is 4.30. The molecule has 2 amide bonds. The van der Waals surface area contributed by atoms with Crippen molar-refractivity contribution in [1.82, 2.24) is 25.1 Å². The second-order valence-electron chi connectivity index (χ2n) is 6.51. The Morgan fingerprint density at radius 3 is 2.69 bits per heavy atom. The Morgan fingerprint density at radius 1 is 1.15 bits per heavy atom. The number of aromatic nitrogens is 4. The molecule has 0 atom stereocenters. The van der Waals surface area contributed by atoms with Crippen LogP contribution in [0, 0.1) is 0 Å². The van der Waals surface area contributed by atoms with Gasteiger partial charge in [-0.3, -0.25) is 9.88 Å². The molecule has 1 N–H and O–H groups in total. The predicted octanol–water partition coefficient (Wildman–Crippen LogP) is 2.98. The summed E-state index contributed by atoms with van der Waals surface area (Å²) >= 11 is 0. The minimum absolute atomic E-state index is 0.0706. The molecule has 26 heavy (non-hydrogen) atoms. The standard InChI is InChI=1S/C19H20N6O/c1-13(2)17-22-18(25(23-17)16-7-4-8-20-12-16)14-5-3-6-15(11-14)24-10-9-21-19(24)26/h3-8,11-13H,9-10H2,1-2H3,(H,21,26). The predicted molar refractivity (Wildman–Crippen MR) is 99.4 cm³/mol. The summed E-state index contributed by atoms with van der Waals surface area (Å²) in [4.78, 5) is 22.7. The number of urea groups is 1. The van der Waals surface area contributed by atoms with E-state index in [0.29, 0.717) is 13.1 Å². The number of nitrogens with zero attached hydrogens (tertiary/aromatic N) is 5. The molecule has 0 spiro atoms.